The van der Waals surface area contributed by atoms with E-state index in [1.165, 1.54) is 24.3 Å². The van der Waals surface area contributed by atoms with Crippen molar-refractivity contribution in [2.45, 2.75) is 12.7 Å². The molecule has 0 aromatic heterocycles. The summed E-state index contributed by atoms with van der Waals surface area (Å²) < 4.78 is 39.2. The number of phenolic OH excluding ortho intramolecular Hbond substituents is 1. The van der Waals surface area contributed by atoms with Crippen LogP contribution in [0.5, 0.6) is 5.75 Å². The number of carbonyl (C=O) groups excluding carboxylic acids is 1. The number of benzene rings is 2. The van der Waals surface area contributed by atoms with Crippen molar-refractivity contribution in [3.63, 3.8) is 0 Å². The highest BCUT2D eigenvalue weighted by atomic mass is 19.4. The Morgan fingerprint density at radius 2 is 1.65 bits per heavy atom. The van der Waals surface area contributed by atoms with Gasteiger partial charge in [-0.3, -0.25) is 4.79 Å². The molecule has 0 heterocycles. The normalized spacial score (nSPS) is 12.0. The van der Waals surface area contributed by atoms with Crippen LogP contribution in [0.3, 0.4) is 0 Å². The summed E-state index contributed by atoms with van der Waals surface area (Å²) in [5.41, 5.74) is -0.692. The molecule has 2 rings (SSSR count). The topological polar surface area (TPSA) is 49.3 Å². The molecule has 0 spiro atoms. The maximum Gasteiger partial charge on any atom is 0.431 e. The van der Waals surface area contributed by atoms with Crippen molar-refractivity contribution in [2.75, 3.05) is 0 Å². The number of alkyl halides is 3. The third-order valence-electron chi connectivity index (χ3n) is 3.08. The van der Waals surface area contributed by atoms with E-state index in [4.69, 9.17) is 0 Å². The van der Waals surface area contributed by atoms with Crippen molar-refractivity contribution >= 4 is 5.78 Å². The summed E-state index contributed by atoms with van der Waals surface area (Å²) in [6.45, 7) is -0.0692. The summed E-state index contributed by atoms with van der Waals surface area (Å²) in [6, 6.07) is 14.0. The van der Waals surface area contributed by atoms with E-state index in [1.54, 1.807) is 30.3 Å². The van der Waals surface area contributed by atoms with Crippen LogP contribution >= 0.6 is 0 Å². The van der Waals surface area contributed by atoms with Crippen LogP contribution in [0, 0.1) is 0 Å². The van der Waals surface area contributed by atoms with E-state index in [9.17, 15) is 23.1 Å². The molecule has 0 radical (unpaired) electrons. The number of hydrogen-bond donors (Lipinski definition) is 2. The number of ketones is 1. The van der Waals surface area contributed by atoms with Gasteiger partial charge in [-0.15, -0.1) is 0 Å². The number of nitrogens with one attached hydrogen (secondary N) is 1. The molecule has 0 aliphatic rings. The highest BCUT2D eigenvalue weighted by Crippen LogP contribution is 2.25. The number of para-hydroxylation sites is 1. The predicted octanol–water partition coefficient (Wildman–Crippen LogP) is 3.81. The summed E-state index contributed by atoms with van der Waals surface area (Å²) in [5.74, 6) is -1.28. The van der Waals surface area contributed by atoms with Crippen molar-refractivity contribution in [3.05, 3.63) is 77.5 Å². The summed E-state index contributed by atoms with van der Waals surface area (Å²) in [4.78, 5) is 12.0. The van der Waals surface area contributed by atoms with Crippen LogP contribution in [-0.4, -0.2) is 17.1 Å². The lowest BCUT2D eigenvalue weighted by Gasteiger charge is -2.14. The van der Waals surface area contributed by atoms with Crippen LogP contribution in [0.4, 0.5) is 13.2 Å². The summed E-state index contributed by atoms with van der Waals surface area (Å²) in [5, 5.41) is 11.8. The maximum absolute atomic E-state index is 13.1. The lowest BCUT2D eigenvalue weighted by molar-refractivity contribution is -0.0970. The molecule has 0 unspecified atom stereocenters. The van der Waals surface area contributed by atoms with Gasteiger partial charge in [0.05, 0.1) is 5.56 Å². The highest BCUT2D eigenvalue weighted by Gasteiger charge is 2.34. The van der Waals surface area contributed by atoms with Crippen molar-refractivity contribution < 1.29 is 23.1 Å². The minimum absolute atomic E-state index is 0.0692. The fraction of sp³-hybridized carbons (Fsp3) is 0.118. The number of aromatic hydroxyl groups is 1. The first-order valence-corrected chi connectivity index (χ1v) is 6.77. The fourth-order valence-electron chi connectivity index (χ4n) is 1.92. The lowest BCUT2D eigenvalue weighted by atomic mass is 10.1. The van der Waals surface area contributed by atoms with Gasteiger partial charge in [0.1, 0.15) is 11.4 Å². The van der Waals surface area contributed by atoms with Gasteiger partial charge in [-0.25, -0.2) is 0 Å². The van der Waals surface area contributed by atoms with Gasteiger partial charge in [-0.2, -0.15) is 13.2 Å². The van der Waals surface area contributed by atoms with Gasteiger partial charge in [0, 0.05) is 12.6 Å². The molecule has 2 aromatic rings. The second kappa shape index (κ2) is 7.00. The smallest absolute Gasteiger partial charge is 0.431 e. The average molecular weight is 321 g/mol. The minimum Gasteiger partial charge on any atom is -0.507 e. The maximum atomic E-state index is 13.1. The van der Waals surface area contributed by atoms with E-state index in [0.29, 0.717) is 11.6 Å². The molecular formula is C17H14F3NO2. The summed E-state index contributed by atoms with van der Waals surface area (Å²) >= 11 is 0. The van der Waals surface area contributed by atoms with Crippen LogP contribution in [-0.2, 0) is 6.54 Å². The van der Waals surface area contributed by atoms with E-state index < -0.39 is 17.7 Å². The second-order valence-corrected chi connectivity index (χ2v) is 4.78. The van der Waals surface area contributed by atoms with Crippen molar-refractivity contribution in [3.8, 4) is 5.75 Å². The molecule has 6 heteroatoms. The number of halogens is 3. The van der Waals surface area contributed by atoms with E-state index in [0.717, 1.165) is 0 Å². The molecule has 0 saturated heterocycles. The van der Waals surface area contributed by atoms with Gasteiger partial charge >= 0.3 is 6.18 Å². The zero-order valence-electron chi connectivity index (χ0n) is 12.0. The first-order valence-electron chi connectivity index (χ1n) is 6.77. The molecule has 23 heavy (non-hydrogen) atoms. The van der Waals surface area contributed by atoms with E-state index in [1.807, 2.05) is 0 Å². The zero-order chi connectivity index (χ0) is 16.9. The average Bonchev–Trinajstić information content (AvgIpc) is 2.51. The molecule has 0 aliphatic heterocycles. The Labute approximate surface area is 131 Å². The molecule has 0 aliphatic carbocycles. The van der Waals surface area contributed by atoms with Crippen LogP contribution in [0.2, 0.25) is 0 Å². The lowest BCUT2D eigenvalue weighted by Crippen LogP contribution is -2.27. The molecule has 0 saturated carbocycles. The van der Waals surface area contributed by atoms with Gasteiger partial charge in [0.25, 0.3) is 0 Å². The third kappa shape index (κ3) is 4.60. The quantitative estimate of drug-likeness (QED) is 0.650. The van der Waals surface area contributed by atoms with Crippen LogP contribution in [0.15, 0.2) is 66.4 Å². The molecule has 2 N–H and O–H groups in total. The van der Waals surface area contributed by atoms with E-state index >= 15 is 0 Å². The van der Waals surface area contributed by atoms with Crippen molar-refractivity contribution in [2.24, 2.45) is 0 Å². The Morgan fingerprint density at radius 3 is 2.26 bits per heavy atom. The number of rotatable bonds is 5. The standard InChI is InChI=1S/C17H14F3NO2/c18-17(19,20)16(21-11-12-6-2-1-3-7-12)10-15(23)13-8-4-5-9-14(13)22/h1-10,21-22H,11H2/b16-10+. The molecule has 0 fully saturated rings. The Balaban J connectivity index is 2.21. The molecule has 3 nitrogen and oxygen atoms in total. The SMILES string of the molecule is O=C(/C=C(/NCc1ccccc1)C(F)(F)F)c1ccccc1O. The molecule has 0 bridgehead atoms. The first-order chi connectivity index (χ1) is 10.9. The Kier molecular flexibility index (Phi) is 5.05. The molecule has 0 atom stereocenters. The first kappa shape index (κ1) is 16.6. The summed E-state index contributed by atoms with van der Waals surface area (Å²) in [7, 11) is 0. The number of phenols is 1. The summed E-state index contributed by atoms with van der Waals surface area (Å²) in [6.07, 6.45) is -4.24. The number of carbonyl (C=O) groups is 1. The predicted molar refractivity (Wildman–Crippen MR) is 79.9 cm³/mol. The Morgan fingerprint density at radius 1 is 1.04 bits per heavy atom. The van der Waals surface area contributed by atoms with E-state index in [-0.39, 0.29) is 17.9 Å². The molecule has 2 aromatic carbocycles. The van der Waals surface area contributed by atoms with Crippen molar-refractivity contribution in [1.82, 2.24) is 5.32 Å². The van der Waals surface area contributed by atoms with Gasteiger partial charge in [-0.05, 0) is 17.7 Å². The fourth-order valence-corrected chi connectivity index (χ4v) is 1.92. The van der Waals surface area contributed by atoms with Crippen LogP contribution < -0.4 is 5.32 Å². The molecule has 120 valence electrons. The van der Waals surface area contributed by atoms with Crippen LogP contribution in [0.1, 0.15) is 15.9 Å². The van der Waals surface area contributed by atoms with Crippen molar-refractivity contribution in [1.29, 1.82) is 0 Å². The Bertz CT molecular complexity index is 709. The van der Waals surface area contributed by atoms with Gasteiger partial charge in [0.15, 0.2) is 5.78 Å². The number of allylic oxidation sites excluding steroid dienone is 2. The monoisotopic (exact) mass is 321 g/mol. The zero-order valence-corrected chi connectivity index (χ0v) is 12.0. The van der Waals surface area contributed by atoms with Gasteiger partial charge < -0.3 is 10.4 Å². The largest absolute Gasteiger partial charge is 0.507 e. The second-order valence-electron chi connectivity index (χ2n) is 4.78. The van der Waals surface area contributed by atoms with Gasteiger partial charge in [0.2, 0.25) is 0 Å². The van der Waals surface area contributed by atoms with Crippen LogP contribution in [0.25, 0.3) is 0 Å². The highest BCUT2D eigenvalue weighted by molar-refractivity contribution is 6.06. The van der Waals surface area contributed by atoms with Gasteiger partial charge in [-0.1, -0.05) is 42.5 Å². The molecule has 0 amide bonds. The third-order valence-corrected chi connectivity index (χ3v) is 3.08. The molecular weight excluding hydrogens is 307 g/mol. The Hall–Kier alpha value is -2.76. The van der Waals surface area contributed by atoms with E-state index in [2.05, 4.69) is 5.32 Å². The number of hydrogen-bond acceptors (Lipinski definition) is 3. The minimum atomic E-state index is -4.70.